The molecule has 4 heteroatoms. The number of hydrogen-bond acceptors (Lipinski definition) is 4. The summed E-state index contributed by atoms with van der Waals surface area (Å²) in [5.41, 5.74) is 5.74. The quantitative estimate of drug-likeness (QED) is 0.720. The standard InChI is InChI=1S/C15H13N3S/c1-10-17-14(16)9-15(18-10)19-13-7-6-11-4-2-3-5-12(11)8-13/h2-9H,1H3,(H2,16,17,18). The molecule has 0 radical (unpaired) electrons. The van der Waals surface area contributed by atoms with Gasteiger partial charge in [0.05, 0.1) is 0 Å². The van der Waals surface area contributed by atoms with E-state index in [1.807, 2.05) is 19.1 Å². The van der Waals surface area contributed by atoms with E-state index in [0.29, 0.717) is 11.6 Å². The molecule has 3 nitrogen and oxygen atoms in total. The number of rotatable bonds is 2. The molecule has 0 amide bonds. The third-order valence-electron chi connectivity index (χ3n) is 2.78. The van der Waals surface area contributed by atoms with E-state index in [0.717, 1.165) is 9.92 Å². The number of benzene rings is 2. The molecule has 0 bridgehead atoms. The molecule has 0 aliphatic heterocycles. The van der Waals surface area contributed by atoms with Gasteiger partial charge in [0.1, 0.15) is 16.7 Å². The van der Waals surface area contributed by atoms with Crippen molar-refractivity contribution in [3.8, 4) is 0 Å². The first-order valence-electron chi connectivity index (χ1n) is 5.98. The highest BCUT2D eigenvalue weighted by molar-refractivity contribution is 7.99. The number of hydrogen-bond donors (Lipinski definition) is 1. The SMILES string of the molecule is Cc1nc(N)cc(Sc2ccc3ccccc3c2)n1. The van der Waals surface area contributed by atoms with Gasteiger partial charge in [-0.2, -0.15) is 0 Å². The van der Waals surface area contributed by atoms with Gasteiger partial charge in [0, 0.05) is 11.0 Å². The molecule has 0 saturated heterocycles. The number of anilines is 1. The second-order valence-corrected chi connectivity index (χ2v) is 5.38. The summed E-state index contributed by atoms with van der Waals surface area (Å²) in [4.78, 5) is 9.61. The van der Waals surface area contributed by atoms with Gasteiger partial charge in [0.25, 0.3) is 0 Å². The molecule has 0 spiro atoms. The molecule has 3 aromatic rings. The van der Waals surface area contributed by atoms with E-state index < -0.39 is 0 Å². The lowest BCUT2D eigenvalue weighted by molar-refractivity contribution is 0.975. The molecule has 0 unspecified atom stereocenters. The van der Waals surface area contributed by atoms with Crippen LogP contribution in [0.3, 0.4) is 0 Å². The molecule has 0 fully saturated rings. The number of aromatic nitrogens is 2. The fourth-order valence-electron chi connectivity index (χ4n) is 1.97. The van der Waals surface area contributed by atoms with Crippen molar-refractivity contribution in [1.82, 2.24) is 9.97 Å². The zero-order valence-corrected chi connectivity index (χ0v) is 11.3. The van der Waals surface area contributed by atoms with Gasteiger partial charge in [-0.25, -0.2) is 9.97 Å². The zero-order valence-electron chi connectivity index (χ0n) is 10.5. The van der Waals surface area contributed by atoms with Crippen LogP contribution in [0.15, 0.2) is 58.5 Å². The Morgan fingerprint density at radius 2 is 1.74 bits per heavy atom. The molecule has 2 N–H and O–H groups in total. The molecule has 2 aromatic carbocycles. The first-order chi connectivity index (χ1) is 9.20. The minimum absolute atomic E-state index is 0.510. The van der Waals surface area contributed by atoms with Gasteiger partial charge in [-0.1, -0.05) is 42.1 Å². The van der Waals surface area contributed by atoms with Crippen molar-refractivity contribution in [2.75, 3.05) is 5.73 Å². The Hall–Kier alpha value is -2.07. The summed E-state index contributed by atoms with van der Waals surface area (Å²) in [5.74, 6) is 1.21. The van der Waals surface area contributed by atoms with Crippen molar-refractivity contribution in [3.05, 3.63) is 54.4 Å². The van der Waals surface area contributed by atoms with Gasteiger partial charge < -0.3 is 5.73 Å². The van der Waals surface area contributed by atoms with Crippen LogP contribution in [0.2, 0.25) is 0 Å². The van der Waals surface area contributed by atoms with Gasteiger partial charge in [0.15, 0.2) is 0 Å². The Kier molecular flexibility index (Phi) is 3.09. The summed E-state index contributed by atoms with van der Waals surface area (Å²) >= 11 is 1.60. The summed E-state index contributed by atoms with van der Waals surface area (Å²) in [7, 11) is 0. The van der Waals surface area contributed by atoms with Gasteiger partial charge in [-0.3, -0.25) is 0 Å². The highest BCUT2D eigenvalue weighted by Crippen LogP contribution is 2.29. The van der Waals surface area contributed by atoms with Gasteiger partial charge >= 0.3 is 0 Å². The van der Waals surface area contributed by atoms with Crippen LogP contribution >= 0.6 is 11.8 Å². The van der Waals surface area contributed by atoms with Gasteiger partial charge in [-0.05, 0) is 29.8 Å². The van der Waals surface area contributed by atoms with E-state index in [2.05, 4.69) is 40.3 Å². The van der Waals surface area contributed by atoms with Crippen LogP contribution in [0.5, 0.6) is 0 Å². The summed E-state index contributed by atoms with van der Waals surface area (Å²) in [6.07, 6.45) is 0. The molecule has 1 aromatic heterocycles. The van der Waals surface area contributed by atoms with E-state index in [9.17, 15) is 0 Å². The van der Waals surface area contributed by atoms with Gasteiger partial charge in [-0.15, -0.1) is 0 Å². The number of nitrogens with two attached hydrogens (primary N) is 1. The summed E-state index contributed by atoms with van der Waals surface area (Å²) in [5, 5.41) is 3.34. The second-order valence-electron chi connectivity index (χ2n) is 4.29. The number of nitrogens with zero attached hydrogens (tertiary/aromatic N) is 2. The van der Waals surface area contributed by atoms with E-state index in [-0.39, 0.29) is 0 Å². The van der Waals surface area contributed by atoms with Crippen molar-refractivity contribution in [3.63, 3.8) is 0 Å². The maximum atomic E-state index is 5.74. The molecule has 0 aliphatic carbocycles. The third-order valence-corrected chi connectivity index (χ3v) is 3.69. The molecule has 0 aliphatic rings. The van der Waals surface area contributed by atoms with E-state index in [1.54, 1.807) is 17.8 Å². The average Bonchev–Trinajstić information content (AvgIpc) is 2.37. The Morgan fingerprint density at radius 1 is 0.947 bits per heavy atom. The van der Waals surface area contributed by atoms with Crippen LogP contribution in [0.4, 0.5) is 5.82 Å². The zero-order chi connectivity index (χ0) is 13.2. The lowest BCUT2D eigenvalue weighted by Crippen LogP contribution is -1.96. The van der Waals surface area contributed by atoms with E-state index >= 15 is 0 Å². The Bertz CT molecular complexity index is 720. The van der Waals surface area contributed by atoms with Crippen molar-refractivity contribution >= 4 is 28.4 Å². The first kappa shape index (κ1) is 12.0. The number of fused-ring (bicyclic) bond motifs is 1. The maximum Gasteiger partial charge on any atom is 0.128 e. The smallest absolute Gasteiger partial charge is 0.128 e. The normalized spacial score (nSPS) is 10.8. The number of nitrogen functional groups attached to an aromatic ring is 1. The van der Waals surface area contributed by atoms with Crippen LogP contribution in [0.25, 0.3) is 10.8 Å². The fourth-order valence-corrected chi connectivity index (χ4v) is 2.89. The van der Waals surface area contributed by atoms with Crippen molar-refractivity contribution < 1.29 is 0 Å². The Morgan fingerprint density at radius 3 is 2.53 bits per heavy atom. The molecule has 0 saturated carbocycles. The molecular formula is C15H13N3S. The predicted octanol–water partition coefficient (Wildman–Crippen LogP) is 3.67. The van der Waals surface area contributed by atoms with Crippen molar-refractivity contribution in [2.24, 2.45) is 0 Å². The third kappa shape index (κ3) is 2.69. The lowest BCUT2D eigenvalue weighted by Gasteiger charge is -2.04. The topological polar surface area (TPSA) is 51.8 Å². The highest BCUT2D eigenvalue weighted by Gasteiger charge is 2.03. The molecule has 19 heavy (non-hydrogen) atoms. The molecular weight excluding hydrogens is 254 g/mol. The van der Waals surface area contributed by atoms with Crippen LogP contribution in [0.1, 0.15) is 5.82 Å². The van der Waals surface area contributed by atoms with Crippen LogP contribution in [-0.2, 0) is 0 Å². The monoisotopic (exact) mass is 267 g/mol. The average molecular weight is 267 g/mol. The summed E-state index contributed by atoms with van der Waals surface area (Å²) < 4.78 is 0. The fraction of sp³-hybridized carbons (Fsp3) is 0.0667. The summed E-state index contributed by atoms with van der Waals surface area (Å²) in [6, 6.07) is 16.5. The Balaban J connectivity index is 1.96. The Labute approximate surface area is 115 Å². The van der Waals surface area contributed by atoms with Crippen LogP contribution in [0, 0.1) is 6.92 Å². The second kappa shape index (κ2) is 4.90. The maximum absolute atomic E-state index is 5.74. The van der Waals surface area contributed by atoms with Crippen LogP contribution < -0.4 is 5.73 Å². The molecule has 0 atom stereocenters. The summed E-state index contributed by atoms with van der Waals surface area (Å²) in [6.45, 7) is 1.85. The van der Waals surface area contributed by atoms with Crippen LogP contribution in [-0.4, -0.2) is 9.97 Å². The predicted molar refractivity (Wildman–Crippen MR) is 79.3 cm³/mol. The van der Waals surface area contributed by atoms with Crippen molar-refractivity contribution in [2.45, 2.75) is 16.8 Å². The van der Waals surface area contributed by atoms with Gasteiger partial charge in [0.2, 0.25) is 0 Å². The molecule has 3 rings (SSSR count). The largest absolute Gasteiger partial charge is 0.384 e. The minimum atomic E-state index is 0.510. The minimum Gasteiger partial charge on any atom is -0.384 e. The first-order valence-corrected chi connectivity index (χ1v) is 6.80. The van der Waals surface area contributed by atoms with Crippen molar-refractivity contribution in [1.29, 1.82) is 0 Å². The molecule has 94 valence electrons. The highest BCUT2D eigenvalue weighted by atomic mass is 32.2. The van der Waals surface area contributed by atoms with E-state index in [4.69, 9.17) is 5.73 Å². The van der Waals surface area contributed by atoms with E-state index in [1.165, 1.54) is 10.8 Å². The molecule has 1 heterocycles. The number of aryl methyl sites for hydroxylation is 1. The lowest BCUT2D eigenvalue weighted by atomic mass is 10.1.